The molecule has 0 aromatic heterocycles. The monoisotopic (exact) mass is 434 g/mol. The number of hydrogen-bond donors (Lipinski definition) is 1. The van der Waals surface area contributed by atoms with E-state index in [2.05, 4.69) is 10.5 Å². The van der Waals surface area contributed by atoms with E-state index in [0.29, 0.717) is 40.0 Å². The van der Waals surface area contributed by atoms with Crippen molar-refractivity contribution < 1.29 is 28.5 Å². The van der Waals surface area contributed by atoms with Gasteiger partial charge in [0.15, 0.2) is 18.1 Å². The molecule has 2 aromatic rings. The van der Waals surface area contributed by atoms with Crippen LogP contribution in [-0.2, 0) is 9.53 Å². The molecule has 0 unspecified atom stereocenters. The van der Waals surface area contributed by atoms with E-state index in [4.69, 9.17) is 30.5 Å². The summed E-state index contributed by atoms with van der Waals surface area (Å²) in [4.78, 5) is 23.7. The maximum absolute atomic E-state index is 11.9. The number of hydrogen-bond acceptors (Lipinski definition) is 7. The van der Waals surface area contributed by atoms with Gasteiger partial charge in [0.25, 0.3) is 5.91 Å². The number of halogens is 1. The third-order valence-corrected chi connectivity index (χ3v) is 4.12. The molecule has 9 heteroatoms. The number of carbonyl (C=O) groups is 2. The van der Waals surface area contributed by atoms with Crippen molar-refractivity contribution in [2.75, 3.05) is 27.4 Å². The number of hydrazone groups is 1. The van der Waals surface area contributed by atoms with E-state index in [0.717, 1.165) is 6.42 Å². The van der Waals surface area contributed by atoms with E-state index in [1.165, 1.54) is 20.4 Å². The maximum Gasteiger partial charge on any atom is 0.338 e. The second kappa shape index (κ2) is 11.7. The Morgan fingerprint density at radius 1 is 1.10 bits per heavy atom. The fourth-order valence-electron chi connectivity index (χ4n) is 2.29. The van der Waals surface area contributed by atoms with E-state index in [-0.39, 0.29) is 6.61 Å². The van der Waals surface area contributed by atoms with Crippen molar-refractivity contribution in [1.29, 1.82) is 0 Å². The highest BCUT2D eigenvalue weighted by Gasteiger charge is 2.09. The summed E-state index contributed by atoms with van der Waals surface area (Å²) in [7, 11) is 3.01. The van der Waals surface area contributed by atoms with Crippen molar-refractivity contribution in [3.05, 3.63) is 52.5 Å². The quantitative estimate of drug-likeness (QED) is 0.349. The molecule has 8 nitrogen and oxygen atoms in total. The highest BCUT2D eigenvalue weighted by molar-refractivity contribution is 6.33. The van der Waals surface area contributed by atoms with Gasteiger partial charge in [0.2, 0.25) is 0 Å². The molecule has 2 rings (SSSR count). The molecule has 0 fully saturated rings. The Bertz CT molecular complexity index is 899. The van der Waals surface area contributed by atoms with Crippen LogP contribution in [0.1, 0.15) is 29.3 Å². The number of rotatable bonds is 10. The average molecular weight is 435 g/mol. The fourth-order valence-corrected chi connectivity index (χ4v) is 2.49. The number of ether oxygens (including phenoxy) is 4. The number of nitrogens with zero attached hydrogens (tertiary/aromatic N) is 1. The lowest BCUT2D eigenvalue weighted by Crippen LogP contribution is -2.24. The summed E-state index contributed by atoms with van der Waals surface area (Å²) in [6, 6.07) is 9.55. The van der Waals surface area contributed by atoms with E-state index >= 15 is 0 Å². The van der Waals surface area contributed by atoms with E-state index in [1.54, 1.807) is 36.4 Å². The molecule has 0 aliphatic rings. The van der Waals surface area contributed by atoms with Crippen LogP contribution in [0.4, 0.5) is 0 Å². The lowest BCUT2D eigenvalue weighted by molar-refractivity contribution is -0.123. The zero-order valence-corrected chi connectivity index (χ0v) is 17.7. The summed E-state index contributed by atoms with van der Waals surface area (Å²) in [6.45, 7) is 2.03. The molecule has 0 heterocycles. The van der Waals surface area contributed by atoms with Gasteiger partial charge >= 0.3 is 5.97 Å². The first-order valence-electron chi connectivity index (χ1n) is 9.11. The predicted octanol–water partition coefficient (Wildman–Crippen LogP) is 3.45. The van der Waals surface area contributed by atoms with Crippen LogP contribution >= 0.6 is 11.6 Å². The minimum absolute atomic E-state index is 0.253. The minimum atomic E-state index is -0.464. The summed E-state index contributed by atoms with van der Waals surface area (Å²) in [5.41, 5.74) is 3.30. The Hall–Kier alpha value is -3.26. The molecule has 0 bridgehead atoms. The van der Waals surface area contributed by atoms with Gasteiger partial charge in [-0.2, -0.15) is 5.10 Å². The molecular formula is C21H23ClN2O6. The third kappa shape index (κ3) is 6.66. The molecular weight excluding hydrogens is 412 g/mol. The molecule has 0 radical (unpaired) electrons. The van der Waals surface area contributed by atoms with Crippen LogP contribution in [-0.4, -0.2) is 45.5 Å². The summed E-state index contributed by atoms with van der Waals surface area (Å²) in [5.74, 6) is 0.546. The second-order valence-electron chi connectivity index (χ2n) is 5.97. The van der Waals surface area contributed by atoms with Gasteiger partial charge in [-0.25, -0.2) is 10.2 Å². The highest BCUT2D eigenvalue weighted by atomic mass is 35.5. The minimum Gasteiger partial charge on any atom is -0.493 e. The number of nitrogens with one attached hydrogen (secondary N) is 1. The van der Waals surface area contributed by atoms with Crippen molar-refractivity contribution >= 4 is 29.7 Å². The first-order chi connectivity index (χ1) is 14.5. The molecule has 160 valence electrons. The lowest BCUT2D eigenvalue weighted by Gasteiger charge is -2.09. The van der Waals surface area contributed by atoms with Gasteiger partial charge in [0, 0.05) is 11.6 Å². The molecule has 0 atom stereocenters. The third-order valence-electron chi connectivity index (χ3n) is 3.79. The summed E-state index contributed by atoms with van der Waals surface area (Å²) in [6.07, 6.45) is 2.14. The molecule has 0 saturated heterocycles. The summed E-state index contributed by atoms with van der Waals surface area (Å²) in [5, 5.41) is 4.25. The van der Waals surface area contributed by atoms with Gasteiger partial charge in [-0.05, 0) is 36.8 Å². The molecule has 0 saturated carbocycles. The van der Waals surface area contributed by atoms with Crippen molar-refractivity contribution in [1.82, 2.24) is 5.43 Å². The molecule has 0 aliphatic carbocycles. The fraction of sp³-hybridized carbons (Fsp3) is 0.286. The van der Waals surface area contributed by atoms with Crippen molar-refractivity contribution in [2.24, 2.45) is 5.10 Å². The van der Waals surface area contributed by atoms with Crippen molar-refractivity contribution in [3.63, 3.8) is 0 Å². The van der Waals surface area contributed by atoms with Crippen LogP contribution < -0.4 is 19.6 Å². The smallest absolute Gasteiger partial charge is 0.338 e. The van der Waals surface area contributed by atoms with E-state index < -0.39 is 11.9 Å². The van der Waals surface area contributed by atoms with Gasteiger partial charge in [-0.3, -0.25) is 4.79 Å². The Balaban J connectivity index is 1.86. The predicted molar refractivity (Wildman–Crippen MR) is 113 cm³/mol. The molecule has 2 aromatic carbocycles. The van der Waals surface area contributed by atoms with Crippen LogP contribution in [0.2, 0.25) is 5.02 Å². The Kier molecular flexibility index (Phi) is 8.96. The number of amides is 1. The topological polar surface area (TPSA) is 95.5 Å². The van der Waals surface area contributed by atoms with Crippen LogP contribution in [0.3, 0.4) is 0 Å². The lowest BCUT2D eigenvalue weighted by atomic mass is 10.2. The van der Waals surface area contributed by atoms with Gasteiger partial charge in [0.1, 0.15) is 5.75 Å². The number of methoxy groups -OCH3 is 2. The standard InChI is InChI=1S/C21H23ClN2O6/c1-4-9-29-21(26)14-5-7-16(8-6-14)30-13-20(25)24-23-12-15-10-18(27-2)19(28-3)11-17(15)22/h5-8,10-12H,4,9,13H2,1-3H3,(H,24,25)/b23-12+. The van der Waals surface area contributed by atoms with E-state index in [1.807, 2.05) is 6.92 Å². The molecule has 0 spiro atoms. The van der Waals surface area contributed by atoms with Gasteiger partial charge in [-0.15, -0.1) is 0 Å². The normalized spacial score (nSPS) is 10.5. The zero-order valence-electron chi connectivity index (χ0n) is 16.9. The van der Waals surface area contributed by atoms with Gasteiger partial charge in [0.05, 0.1) is 37.6 Å². The van der Waals surface area contributed by atoms with Crippen LogP contribution in [0.5, 0.6) is 17.2 Å². The largest absolute Gasteiger partial charge is 0.493 e. The molecule has 0 aliphatic heterocycles. The molecule has 1 N–H and O–H groups in total. The van der Waals surface area contributed by atoms with E-state index in [9.17, 15) is 9.59 Å². The number of esters is 1. The zero-order chi connectivity index (χ0) is 21.9. The van der Waals surface area contributed by atoms with Gasteiger partial charge < -0.3 is 18.9 Å². The maximum atomic E-state index is 11.9. The first-order valence-corrected chi connectivity index (χ1v) is 9.49. The Morgan fingerprint density at radius 2 is 1.77 bits per heavy atom. The van der Waals surface area contributed by atoms with Gasteiger partial charge in [-0.1, -0.05) is 18.5 Å². The van der Waals surface area contributed by atoms with Crippen LogP contribution in [0.15, 0.2) is 41.5 Å². The first kappa shape index (κ1) is 23.0. The molecule has 30 heavy (non-hydrogen) atoms. The average Bonchev–Trinajstić information content (AvgIpc) is 2.77. The Morgan fingerprint density at radius 3 is 2.40 bits per heavy atom. The van der Waals surface area contributed by atoms with Crippen LogP contribution in [0, 0.1) is 0 Å². The highest BCUT2D eigenvalue weighted by Crippen LogP contribution is 2.32. The summed E-state index contributed by atoms with van der Waals surface area (Å²) < 4.78 is 20.8. The Labute approximate surface area is 179 Å². The second-order valence-corrected chi connectivity index (χ2v) is 6.38. The van der Waals surface area contributed by atoms with Crippen molar-refractivity contribution in [3.8, 4) is 17.2 Å². The SMILES string of the molecule is CCCOC(=O)c1ccc(OCC(=O)N/N=C/c2cc(OC)c(OC)cc2Cl)cc1. The van der Waals surface area contributed by atoms with Crippen LogP contribution in [0.25, 0.3) is 0 Å². The number of carbonyl (C=O) groups excluding carboxylic acids is 2. The summed E-state index contributed by atoms with van der Waals surface area (Å²) >= 11 is 6.16. The number of benzene rings is 2. The van der Waals surface area contributed by atoms with Crippen molar-refractivity contribution in [2.45, 2.75) is 13.3 Å². The molecule has 1 amide bonds.